The Hall–Kier alpha value is -1.89. The lowest BCUT2D eigenvalue weighted by Crippen LogP contribution is -2.42. The second-order valence-electron chi connectivity index (χ2n) is 3.91. The first-order chi connectivity index (χ1) is 8.44. The summed E-state index contributed by atoms with van der Waals surface area (Å²) in [5.41, 5.74) is 0.312. The molecule has 7 heteroatoms. The normalized spacial score (nSPS) is 11.8. The van der Waals surface area contributed by atoms with Gasteiger partial charge in [-0.15, -0.1) is 0 Å². The largest absolute Gasteiger partial charge is 0.618 e. The van der Waals surface area contributed by atoms with E-state index in [1.165, 1.54) is 19.1 Å². The van der Waals surface area contributed by atoms with E-state index < -0.39 is 15.6 Å². The van der Waals surface area contributed by atoms with Crippen LogP contribution in [-0.4, -0.2) is 14.2 Å². The Balaban J connectivity index is 2.64. The van der Waals surface area contributed by atoms with Crippen LogP contribution in [0, 0.1) is 10.4 Å². The summed E-state index contributed by atoms with van der Waals surface area (Å²) in [4.78, 5) is 0. The average Bonchev–Trinajstić information content (AvgIpc) is 2.35. The zero-order valence-corrected chi connectivity index (χ0v) is 10.6. The number of hydrogen-bond donors (Lipinski definition) is 0. The summed E-state index contributed by atoms with van der Waals surface area (Å²) in [5, 5.41) is 23.7. The first-order valence-corrected chi connectivity index (χ1v) is 7.20. The average molecular weight is 268 g/mol. The molecule has 1 aromatic carbocycles. The molecule has 2 aromatic rings. The van der Waals surface area contributed by atoms with E-state index in [2.05, 4.69) is 0 Å². The van der Waals surface area contributed by atoms with E-state index in [0.29, 0.717) is 9.46 Å². The van der Waals surface area contributed by atoms with Gasteiger partial charge in [0.25, 0.3) is 22.9 Å². The third kappa shape index (κ3) is 2.21. The highest BCUT2D eigenvalue weighted by Gasteiger charge is 2.23. The van der Waals surface area contributed by atoms with Gasteiger partial charge in [0.15, 0.2) is 9.84 Å². The Labute approximate surface area is 104 Å². The number of para-hydroxylation sites is 2. The number of hydrogen-bond acceptors (Lipinski definition) is 4. The Morgan fingerprint density at radius 3 is 2.39 bits per heavy atom. The van der Waals surface area contributed by atoms with Gasteiger partial charge in [0, 0.05) is 17.9 Å². The van der Waals surface area contributed by atoms with Crippen molar-refractivity contribution in [1.29, 1.82) is 0 Å². The molecule has 0 aliphatic rings. The van der Waals surface area contributed by atoms with Crippen molar-refractivity contribution >= 4 is 20.9 Å². The molecule has 0 fully saturated rings. The summed E-state index contributed by atoms with van der Waals surface area (Å²) < 4.78 is 24.0. The molecule has 0 radical (unpaired) electrons. The maximum Gasteiger partial charge on any atom is 0.290 e. The van der Waals surface area contributed by atoms with Gasteiger partial charge in [-0.2, -0.15) is 9.46 Å². The van der Waals surface area contributed by atoms with Crippen LogP contribution in [-0.2, 0) is 15.6 Å². The fraction of sp³-hybridized carbons (Fsp3) is 0.273. The number of fused-ring (bicyclic) bond motifs is 1. The summed E-state index contributed by atoms with van der Waals surface area (Å²) in [5.74, 6) is -0.501. The molecule has 1 heterocycles. The standard InChI is InChI=1S/C11H12N2O4S/c1-2-18(16,17)8-9-7-12(14)10-5-3-4-6-11(10)13(9)15/h3-7H,2,8H2,1H3. The van der Waals surface area contributed by atoms with Gasteiger partial charge in [0.1, 0.15) is 5.75 Å². The van der Waals surface area contributed by atoms with Crippen molar-refractivity contribution in [2.45, 2.75) is 12.7 Å². The third-order valence-corrected chi connectivity index (χ3v) is 4.29. The van der Waals surface area contributed by atoms with E-state index in [9.17, 15) is 18.8 Å². The van der Waals surface area contributed by atoms with E-state index in [0.717, 1.165) is 6.20 Å². The van der Waals surface area contributed by atoms with E-state index >= 15 is 0 Å². The zero-order chi connectivity index (χ0) is 13.3. The molecule has 0 saturated carbocycles. The molecule has 0 aliphatic heterocycles. The fourth-order valence-corrected chi connectivity index (χ4v) is 2.50. The zero-order valence-electron chi connectivity index (χ0n) is 9.74. The summed E-state index contributed by atoms with van der Waals surface area (Å²) in [6.07, 6.45) is 1.02. The maximum absolute atomic E-state index is 12.0. The highest BCUT2D eigenvalue weighted by atomic mass is 32.2. The molecule has 2 rings (SSSR count). The summed E-state index contributed by atoms with van der Waals surface area (Å²) >= 11 is 0. The Morgan fingerprint density at radius 2 is 1.78 bits per heavy atom. The molecule has 6 nitrogen and oxygen atoms in total. The van der Waals surface area contributed by atoms with Crippen molar-refractivity contribution in [3.05, 3.63) is 46.6 Å². The van der Waals surface area contributed by atoms with Crippen LogP contribution in [0.15, 0.2) is 30.5 Å². The molecule has 1 aromatic heterocycles. The monoisotopic (exact) mass is 268 g/mol. The number of aromatic nitrogens is 2. The predicted molar refractivity (Wildman–Crippen MR) is 65.0 cm³/mol. The van der Waals surface area contributed by atoms with Crippen molar-refractivity contribution in [2.75, 3.05) is 5.75 Å². The van der Waals surface area contributed by atoms with Crippen LogP contribution >= 0.6 is 0 Å². The van der Waals surface area contributed by atoms with Crippen LogP contribution in [0.4, 0.5) is 0 Å². The molecular weight excluding hydrogens is 256 g/mol. The van der Waals surface area contributed by atoms with Gasteiger partial charge in [-0.25, -0.2) is 8.42 Å². The first-order valence-electron chi connectivity index (χ1n) is 5.38. The van der Waals surface area contributed by atoms with Crippen LogP contribution in [0.1, 0.15) is 12.6 Å². The van der Waals surface area contributed by atoms with Crippen molar-refractivity contribution in [1.82, 2.24) is 0 Å². The third-order valence-electron chi connectivity index (χ3n) is 2.67. The molecule has 0 saturated heterocycles. The summed E-state index contributed by atoms with van der Waals surface area (Å²) in [7, 11) is -3.35. The molecule has 0 unspecified atom stereocenters. The lowest BCUT2D eigenvalue weighted by atomic mass is 10.3. The van der Waals surface area contributed by atoms with Crippen LogP contribution in [0.3, 0.4) is 0 Å². The molecule has 0 amide bonds. The van der Waals surface area contributed by atoms with Gasteiger partial charge in [-0.1, -0.05) is 19.1 Å². The minimum atomic E-state index is -3.35. The van der Waals surface area contributed by atoms with Gasteiger partial charge in [0.2, 0.25) is 0 Å². The maximum atomic E-state index is 12.0. The van der Waals surface area contributed by atoms with Gasteiger partial charge < -0.3 is 10.4 Å². The van der Waals surface area contributed by atoms with Crippen molar-refractivity contribution in [2.24, 2.45) is 0 Å². The van der Waals surface area contributed by atoms with Crippen molar-refractivity contribution < 1.29 is 17.9 Å². The first kappa shape index (κ1) is 12.6. The summed E-state index contributed by atoms with van der Waals surface area (Å²) in [6, 6.07) is 6.25. The lowest BCUT2D eigenvalue weighted by molar-refractivity contribution is -0.634. The van der Waals surface area contributed by atoms with E-state index in [4.69, 9.17) is 0 Å². The Morgan fingerprint density at radius 1 is 1.17 bits per heavy atom. The van der Waals surface area contributed by atoms with Gasteiger partial charge >= 0.3 is 0 Å². The topological polar surface area (TPSA) is 88.0 Å². The number of rotatable bonds is 3. The SMILES string of the molecule is CCS(=O)(=O)Cc1c[n+]([O-])c2ccccc2[n+]1[O-]. The minimum absolute atomic E-state index is 0.0643. The lowest BCUT2D eigenvalue weighted by Gasteiger charge is -2.07. The molecule has 0 spiro atoms. The van der Waals surface area contributed by atoms with Gasteiger partial charge in [-0.3, -0.25) is 0 Å². The van der Waals surface area contributed by atoms with Gasteiger partial charge in [0.05, 0.1) is 0 Å². The second-order valence-corrected chi connectivity index (χ2v) is 6.26. The molecule has 18 heavy (non-hydrogen) atoms. The van der Waals surface area contributed by atoms with Crippen LogP contribution in [0.25, 0.3) is 11.0 Å². The molecule has 0 atom stereocenters. The number of sulfone groups is 1. The minimum Gasteiger partial charge on any atom is -0.618 e. The van der Waals surface area contributed by atoms with Crippen molar-refractivity contribution in [3.63, 3.8) is 0 Å². The van der Waals surface area contributed by atoms with Crippen LogP contribution < -0.4 is 9.46 Å². The van der Waals surface area contributed by atoms with Gasteiger partial charge in [-0.05, 0) is 0 Å². The van der Waals surface area contributed by atoms with E-state index in [1.807, 2.05) is 0 Å². The quantitative estimate of drug-likeness (QED) is 0.581. The second kappa shape index (κ2) is 4.41. The smallest absolute Gasteiger partial charge is 0.290 e. The highest BCUT2D eigenvalue weighted by molar-refractivity contribution is 7.90. The van der Waals surface area contributed by atoms with E-state index in [1.54, 1.807) is 12.1 Å². The Kier molecular flexibility index (Phi) is 3.08. The van der Waals surface area contributed by atoms with E-state index in [-0.39, 0.29) is 22.5 Å². The number of benzene rings is 1. The molecule has 0 aliphatic carbocycles. The highest BCUT2D eigenvalue weighted by Crippen LogP contribution is 2.07. The predicted octanol–water partition coefficient (Wildman–Crippen LogP) is 0.0413. The fourth-order valence-electron chi connectivity index (χ4n) is 1.66. The van der Waals surface area contributed by atoms with Crippen LogP contribution in [0.5, 0.6) is 0 Å². The summed E-state index contributed by atoms with van der Waals surface area (Å²) in [6.45, 7) is 1.50. The Bertz CT molecular complexity index is 698. The molecule has 0 bridgehead atoms. The molecular formula is C11H12N2O4S. The van der Waals surface area contributed by atoms with Crippen LogP contribution in [0.2, 0.25) is 0 Å². The molecule has 96 valence electrons. The van der Waals surface area contributed by atoms with Crippen molar-refractivity contribution in [3.8, 4) is 0 Å². The molecule has 0 N–H and O–H groups in total. The number of nitrogens with zero attached hydrogens (tertiary/aromatic N) is 2.